The Morgan fingerprint density at radius 3 is 2.39 bits per heavy atom. The third-order valence-electron chi connectivity index (χ3n) is 5.63. The fourth-order valence-corrected chi connectivity index (χ4v) is 3.79. The first kappa shape index (κ1) is 20.6. The van der Waals surface area contributed by atoms with Gasteiger partial charge < -0.3 is 15.1 Å². The maximum absolute atomic E-state index is 12.9. The summed E-state index contributed by atoms with van der Waals surface area (Å²) >= 11 is 0. The summed E-state index contributed by atoms with van der Waals surface area (Å²) in [5, 5.41) is 2.94. The summed E-state index contributed by atoms with van der Waals surface area (Å²) in [7, 11) is 1.93. The van der Waals surface area contributed by atoms with Gasteiger partial charge in [-0.15, -0.1) is 0 Å². The number of carbonyl (C=O) groups is 2. The first-order chi connectivity index (χ1) is 15.0. The minimum absolute atomic E-state index is 0.0329. The quantitative estimate of drug-likeness (QED) is 0.660. The van der Waals surface area contributed by atoms with E-state index in [-0.39, 0.29) is 11.8 Å². The molecule has 0 atom stereocenters. The highest BCUT2D eigenvalue weighted by Crippen LogP contribution is 2.25. The Bertz CT molecular complexity index is 1070. The van der Waals surface area contributed by atoms with Gasteiger partial charge in [-0.3, -0.25) is 9.59 Å². The lowest BCUT2D eigenvalue weighted by atomic mass is 10.1. The molecular formula is C25H26N4O2. The number of pyridine rings is 1. The Morgan fingerprint density at radius 2 is 1.71 bits per heavy atom. The number of nitrogens with zero attached hydrogens (tertiary/aromatic N) is 3. The van der Waals surface area contributed by atoms with E-state index in [1.165, 1.54) is 0 Å². The maximum Gasteiger partial charge on any atom is 0.257 e. The number of para-hydroxylation sites is 2. The predicted octanol–water partition coefficient (Wildman–Crippen LogP) is 4.65. The first-order valence-corrected chi connectivity index (χ1v) is 10.5. The topological polar surface area (TPSA) is 65.5 Å². The highest BCUT2D eigenvalue weighted by atomic mass is 16.2. The lowest BCUT2D eigenvalue weighted by Gasteiger charge is -2.20. The predicted molar refractivity (Wildman–Crippen MR) is 123 cm³/mol. The molecule has 1 aliphatic heterocycles. The summed E-state index contributed by atoms with van der Waals surface area (Å²) in [5.41, 5.74) is 3.40. The summed E-state index contributed by atoms with van der Waals surface area (Å²) in [5.74, 6) is 0.421. The van der Waals surface area contributed by atoms with Crippen LogP contribution >= 0.6 is 0 Å². The van der Waals surface area contributed by atoms with Crippen LogP contribution in [0.1, 0.15) is 39.1 Å². The standard InChI is InChI=1S/C25H26N4O2/c1-18-9-8-12-21(25(31)29-15-6-7-16-29)23(18)27-24(30)19-13-14-22(26-17-19)28(2)20-10-4-3-5-11-20/h3-5,8-14,17H,6-7,15-16H2,1-2H3,(H,27,30). The van der Waals surface area contributed by atoms with Crippen molar-refractivity contribution >= 4 is 29.0 Å². The third kappa shape index (κ3) is 4.43. The zero-order chi connectivity index (χ0) is 21.8. The number of rotatable bonds is 5. The largest absolute Gasteiger partial charge is 0.339 e. The molecule has 158 valence electrons. The monoisotopic (exact) mass is 414 g/mol. The molecule has 2 heterocycles. The Hall–Kier alpha value is -3.67. The molecule has 0 unspecified atom stereocenters. The molecule has 0 radical (unpaired) electrons. The summed E-state index contributed by atoms with van der Waals surface area (Å²) in [6.07, 6.45) is 3.60. The van der Waals surface area contributed by atoms with Gasteiger partial charge in [0.25, 0.3) is 11.8 Å². The van der Waals surface area contributed by atoms with Crippen molar-refractivity contribution < 1.29 is 9.59 Å². The van der Waals surface area contributed by atoms with E-state index in [1.54, 1.807) is 18.3 Å². The van der Waals surface area contributed by atoms with Gasteiger partial charge in [-0.1, -0.05) is 30.3 Å². The number of benzene rings is 2. The Kier molecular flexibility index (Phi) is 5.98. The van der Waals surface area contributed by atoms with E-state index < -0.39 is 0 Å². The third-order valence-corrected chi connectivity index (χ3v) is 5.63. The molecule has 1 aromatic heterocycles. The number of aryl methyl sites for hydroxylation is 1. The number of amides is 2. The van der Waals surface area contributed by atoms with Crippen molar-refractivity contribution in [2.24, 2.45) is 0 Å². The highest BCUT2D eigenvalue weighted by Gasteiger charge is 2.23. The van der Waals surface area contributed by atoms with Crippen LogP contribution in [0.15, 0.2) is 66.9 Å². The summed E-state index contributed by atoms with van der Waals surface area (Å²) in [6, 6.07) is 19.0. The van der Waals surface area contributed by atoms with E-state index in [1.807, 2.05) is 72.3 Å². The molecule has 1 N–H and O–H groups in total. The lowest BCUT2D eigenvalue weighted by Crippen LogP contribution is -2.29. The molecule has 0 spiro atoms. The zero-order valence-corrected chi connectivity index (χ0v) is 17.8. The molecular weight excluding hydrogens is 388 g/mol. The molecule has 1 aliphatic rings. The zero-order valence-electron chi connectivity index (χ0n) is 17.8. The van der Waals surface area contributed by atoms with Crippen LogP contribution in [0.2, 0.25) is 0 Å². The molecule has 2 aromatic carbocycles. The van der Waals surface area contributed by atoms with E-state index in [0.29, 0.717) is 16.8 Å². The molecule has 0 bridgehead atoms. The summed E-state index contributed by atoms with van der Waals surface area (Å²) < 4.78 is 0. The normalized spacial score (nSPS) is 13.2. The van der Waals surface area contributed by atoms with Crippen molar-refractivity contribution in [1.82, 2.24) is 9.88 Å². The van der Waals surface area contributed by atoms with Crippen molar-refractivity contribution in [2.75, 3.05) is 30.4 Å². The van der Waals surface area contributed by atoms with Gasteiger partial charge in [-0.05, 0) is 55.7 Å². The van der Waals surface area contributed by atoms with Gasteiger partial charge in [-0.2, -0.15) is 0 Å². The Labute approximate surface area is 182 Å². The van der Waals surface area contributed by atoms with Crippen molar-refractivity contribution in [3.05, 3.63) is 83.6 Å². The molecule has 1 fully saturated rings. The second-order valence-corrected chi connectivity index (χ2v) is 7.75. The van der Waals surface area contributed by atoms with Crippen LogP contribution in [0.25, 0.3) is 0 Å². The van der Waals surface area contributed by atoms with Crippen molar-refractivity contribution in [2.45, 2.75) is 19.8 Å². The summed E-state index contributed by atoms with van der Waals surface area (Å²) in [4.78, 5) is 34.1. The van der Waals surface area contributed by atoms with E-state index in [2.05, 4.69) is 10.3 Å². The number of hydrogen-bond acceptors (Lipinski definition) is 4. The van der Waals surface area contributed by atoms with Crippen molar-refractivity contribution in [3.63, 3.8) is 0 Å². The van der Waals surface area contributed by atoms with Gasteiger partial charge in [-0.25, -0.2) is 4.98 Å². The molecule has 0 saturated carbocycles. The van der Waals surface area contributed by atoms with Crippen LogP contribution in [0.5, 0.6) is 0 Å². The van der Waals surface area contributed by atoms with Gasteiger partial charge in [0.2, 0.25) is 0 Å². The number of nitrogens with one attached hydrogen (secondary N) is 1. The van der Waals surface area contributed by atoms with Crippen LogP contribution in [-0.2, 0) is 0 Å². The molecule has 31 heavy (non-hydrogen) atoms. The Morgan fingerprint density at radius 1 is 0.968 bits per heavy atom. The van der Waals surface area contributed by atoms with Crippen LogP contribution in [0, 0.1) is 6.92 Å². The van der Waals surface area contributed by atoms with Gasteiger partial charge in [0, 0.05) is 32.0 Å². The van der Waals surface area contributed by atoms with Crippen LogP contribution in [-0.4, -0.2) is 41.8 Å². The molecule has 2 amide bonds. The molecule has 4 rings (SSSR count). The fraction of sp³-hybridized carbons (Fsp3) is 0.240. The molecule has 3 aromatic rings. The smallest absolute Gasteiger partial charge is 0.257 e. The van der Waals surface area contributed by atoms with Crippen LogP contribution in [0.4, 0.5) is 17.2 Å². The fourth-order valence-electron chi connectivity index (χ4n) is 3.79. The minimum atomic E-state index is -0.286. The van der Waals surface area contributed by atoms with E-state index in [0.717, 1.165) is 43.0 Å². The first-order valence-electron chi connectivity index (χ1n) is 10.5. The number of likely N-dealkylation sites (tertiary alicyclic amines) is 1. The van der Waals surface area contributed by atoms with E-state index in [9.17, 15) is 9.59 Å². The average molecular weight is 415 g/mol. The maximum atomic E-state index is 12.9. The number of carbonyl (C=O) groups excluding carboxylic acids is 2. The van der Waals surface area contributed by atoms with Crippen LogP contribution in [0.3, 0.4) is 0 Å². The van der Waals surface area contributed by atoms with Crippen molar-refractivity contribution in [3.8, 4) is 0 Å². The van der Waals surface area contributed by atoms with Crippen molar-refractivity contribution in [1.29, 1.82) is 0 Å². The number of aromatic nitrogens is 1. The molecule has 1 saturated heterocycles. The molecule has 6 nitrogen and oxygen atoms in total. The van der Waals surface area contributed by atoms with E-state index in [4.69, 9.17) is 0 Å². The van der Waals surface area contributed by atoms with Gasteiger partial charge in [0.1, 0.15) is 5.82 Å². The van der Waals surface area contributed by atoms with Gasteiger partial charge in [0.15, 0.2) is 0 Å². The molecule has 6 heteroatoms. The second-order valence-electron chi connectivity index (χ2n) is 7.75. The number of hydrogen-bond donors (Lipinski definition) is 1. The highest BCUT2D eigenvalue weighted by molar-refractivity contribution is 6.09. The Balaban J connectivity index is 1.53. The lowest BCUT2D eigenvalue weighted by molar-refractivity contribution is 0.0793. The summed E-state index contributed by atoms with van der Waals surface area (Å²) in [6.45, 7) is 3.42. The second kappa shape index (κ2) is 9.00. The van der Waals surface area contributed by atoms with Crippen LogP contribution < -0.4 is 10.2 Å². The van der Waals surface area contributed by atoms with Gasteiger partial charge in [0.05, 0.1) is 16.8 Å². The average Bonchev–Trinajstić information content (AvgIpc) is 3.35. The number of anilines is 3. The van der Waals surface area contributed by atoms with Gasteiger partial charge >= 0.3 is 0 Å². The molecule has 0 aliphatic carbocycles. The minimum Gasteiger partial charge on any atom is -0.339 e. The van der Waals surface area contributed by atoms with E-state index >= 15 is 0 Å². The SMILES string of the molecule is Cc1cccc(C(=O)N2CCCC2)c1NC(=O)c1ccc(N(C)c2ccccc2)nc1.